The minimum Gasteiger partial charge on any atom is -0.493 e. The minimum absolute atomic E-state index is 0.0765. The number of fused-ring (bicyclic) bond motifs is 1. The van der Waals surface area contributed by atoms with E-state index in [0.717, 1.165) is 12.0 Å². The molecule has 0 aliphatic carbocycles. The molecule has 6 heteroatoms. The number of carbonyl (C=O) groups is 1. The first-order valence-corrected chi connectivity index (χ1v) is 8.04. The van der Waals surface area contributed by atoms with Crippen LogP contribution in [-0.2, 0) is 13.0 Å². The van der Waals surface area contributed by atoms with Gasteiger partial charge in [-0.1, -0.05) is 6.07 Å². The molecule has 3 rings (SSSR count). The highest BCUT2D eigenvalue weighted by atomic mass is 16.5. The summed E-state index contributed by atoms with van der Waals surface area (Å²) in [5.41, 5.74) is 9.41. The maximum atomic E-state index is 13.0. The summed E-state index contributed by atoms with van der Waals surface area (Å²) in [6.07, 6.45) is 0.811. The molecule has 1 aliphatic rings. The van der Waals surface area contributed by atoms with E-state index in [0.29, 0.717) is 41.6 Å². The van der Waals surface area contributed by atoms with Crippen LogP contribution in [0.15, 0.2) is 30.3 Å². The van der Waals surface area contributed by atoms with Crippen molar-refractivity contribution >= 4 is 11.6 Å². The Labute approximate surface area is 147 Å². The lowest BCUT2D eigenvalue weighted by atomic mass is 9.98. The summed E-state index contributed by atoms with van der Waals surface area (Å²) in [6.45, 7) is 1.20. The maximum Gasteiger partial charge on any atom is 0.254 e. The molecule has 6 nitrogen and oxygen atoms in total. The number of ether oxygens (including phenoxy) is 3. The van der Waals surface area contributed by atoms with E-state index in [2.05, 4.69) is 0 Å². The fraction of sp³-hybridized carbons (Fsp3) is 0.316. The normalized spacial score (nSPS) is 13.2. The molecule has 1 heterocycles. The molecule has 2 aromatic carbocycles. The van der Waals surface area contributed by atoms with E-state index in [4.69, 9.17) is 19.9 Å². The SMILES string of the molecule is COc1cc(C(=O)N2CCc3ccc(N)cc3C2)cc(OC)c1OC. The van der Waals surface area contributed by atoms with E-state index in [9.17, 15) is 4.79 Å². The zero-order valence-corrected chi connectivity index (χ0v) is 14.7. The van der Waals surface area contributed by atoms with Crippen LogP contribution in [0.5, 0.6) is 17.2 Å². The van der Waals surface area contributed by atoms with Crippen LogP contribution in [-0.4, -0.2) is 38.7 Å². The van der Waals surface area contributed by atoms with Crippen molar-refractivity contribution in [1.82, 2.24) is 4.90 Å². The lowest BCUT2D eigenvalue weighted by molar-refractivity contribution is 0.0734. The van der Waals surface area contributed by atoms with Crippen molar-refractivity contribution in [2.24, 2.45) is 0 Å². The molecular weight excluding hydrogens is 320 g/mol. The third-order valence-corrected chi connectivity index (χ3v) is 4.44. The lowest BCUT2D eigenvalue weighted by Crippen LogP contribution is -2.36. The Hall–Kier alpha value is -2.89. The summed E-state index contributed by atoms with van der Waals surface area (Å²) >= 11 is 0. The summed E-state index contributed by atoms with van der Waals surface area (Å²) in [5.74, 6) is 1.32. The van der Waals surface area contributed by atoms with Gasteiger partial charge in [-0.3, -0.25) is 4.79 Å². The number of amides is 1. The topological polar surface area (TPSA) is 74.0 Å². The van der Waals surface area contributed by atoms with Gasteiger partial charge in [0, 0.05) is 24.3 Å². The Kier molecular flexibility index (Phi) is 4.70. The van der Waals surface area contributed by atoms with Gasteiger partial charge in [-0.05, 0) is 41.8 Å². The van der Waals surface area contributed by atoms with Gasteiger partial charge in [0.1, 0.15) is 0 Å². The third-order valence-electron chi connectivity index (χ3n) is 4.44. The summed E-state index contributed by atoms with van der Waals surface area (Å²) in [5, 5.41) is 0. The average Bonchev–Trinajstić information content (AvgIpc) is 2.65. The van der Waals surface area contributed by atoms with E-state index in [1.165, 1.54) is 26.9 Å². The monoisotopic (exact) mass is 342 g/mol. The number of carbonyl (C=O) groups excluding carboxylic acids is 1. The number of benzene rings is 2. The van der Waals surface area contributed by atoms with Crippen LogP contribution in [0.2, 0.25) is 0 Å². The maximum absolute atomic E-state index is 13.0. The zero-order valence-electron chi connectivity index (χ0n) is 14.7. The van der Waals surface area contributed by atoms with Crippen molar-refractivity contribution < 1.29 is 19.0 Å². The van der Waals surface area contributed by atoms with Gasteiger partial charge < -0.3 is 24.8 Å². The number of nitrogens with zero attached hydrogens (tertiary/aromatic N) is 1. The Morgan fingerprint density at radius 2 is 1.68 bits per heavy atom. The third kappa shape index (κ3) is 3.20. The fourth-order valence-corrected chi connectivity index (χ4v) is 3.14. The lowest BCUT2D eigenvalue weighted by Gasteiger charge is -2.29. The zero-order chi connectivity index (χ0) is 18.0. The smallest absolute Gasteiger partial charge is 0.254 e. The molecule has 0 atom stereocenters. The van der Waals surface area contributed by atoms with Gasteiger partial charge in [-0.2, -0.15) is 0 Å². The van der Waals surface area contributed by atoms with Crippen molar-refractivity contribution in [3.05, 3.63) is 47.0 Å². The molecule has 0 aromatic heterocycles. The first kappa shape index (κ1) is 17.0. The number of hydrogen-bond acceptors (Lipinski definition) is 5. The van der Waals surface area contributed by atoms with Crippen LogP contribution in [0.25, 0.3) is 0 Å². The number of rotatable bonds is 4. The van der Waals surface area contributed by atoms with Gasteiger partial charge in [-0.15, -0.1) is 0 Å². The molecule has 0 saturated carbocycles. The number of anilines is 1. The summed E-state index contributed by atoms with van der Waals surface area (Å²) in [6, 6.07) is 9.22. The van der Waals surface area contributed by atoms with Gasteiger partial charge in [-0.25, -0.2) is 0 Å². The van der Waals surface area contributed by atoms with Crippen molar-refractivity contribution in [2.45, 2.75) is 13.0 Å². The van der Waals surface area contributed by atoms with Gasteiger partial charge >= 0.3 is 0 Å². The van der Waals surface area contributed by atoms with E-state index >= 15 is 0 Å². The standard InChI is InChI=1S/C19H22N2O4/c1-23-16-9-13(10-17(24-2)18(16)25-3)19(22)21-7-6-12-4-5-15(20)8-14(12)11-21/h4-5,8-10H,6-7,11,20H2,1-3H3. The van der Waals surface area contributed by atoms with Gasteiger partial charge in [0.15, 0.2) is 11.5 Å². The highest BCUT2D eigenvalue weighted by Gasteiger charge is 2.24. The molecule has 25 heavy (non-hydrogen) atoms. The van der Waals surface area contributed by atoms with Gasteiger partial charge in [0.25, 0.3) is 5.91 Å². The van der Waals surface area contributed by atoms with Crippen molar-refractivity contribution in [3.8, 4) is 17.2 Å². The van der Waals surface area contributed by atoms with Crippen LogP contribution in [0.4, 0.5) is 5.69 Å². The first-order valence-electron chi connectivity index (χ1n) is 8.04. The highest BCUT2D eigenvalue weighted by molar-refractivity contribution is 5.95. The number of nitrogens with two attached hydrogens (primary N) is 1. The second kappa shape index (κ2) is 6.93. The molecule has 0 radical (unpaired) electrons. The molecule has 2 aromatic rings. The molecular formula is C19H22N2O4. The Bertz CT molecular complexity index is 779. The van der Waals surface area contributed by atoms with Crippen LogP contribution < -0.4 is 19.9 Å². The Balaban J connectivity index is 1.91. The molecule has 0 spiro atoms. The van der Waals surface area contributed by atoms with Gasteiger partial charge in [0.2, 0.25) is 5.75 Å². The predicted molar refractivity (Wildman–Crippen MR) is 95.4 cm³/mol. The average molecular weight is 342 g/mol. The summed E-state index contributed by atoms with van der Waals surface area (Å²) < 4.78 is 16.0. The second-order valence-corrected chi connectivity index (χ2v) is 5.92. The number of nitrogen functional groups attached to an aromatic ring is 1. The molecule has 0 unspecified atom stereocenters. The quantitative estimate of drug-likeness (QED) is 0.864. The number of methoxy groups -OCH3 is 3. The molecule has 0 bridgehead atoms. The van der Waals surface area contributed by atoms with Crippen LogP contribution in [0.1, 0.15) is 21.5 Å². The van der Waals surface area contributed by atoms with Crippen LogP contribution >= 0.6 is 0 Å². The molecule has 1 amide bonds. The Morgan fingerprint density at radius 1 is 1.00 bits per heavy atom. The number of hydrogen-bond donors (Lipinski definition) is 1. The summed E-state index contributed by atoms with van der Waals surface area (Å²) in [7, 11) is 4.60. The van der Waals surface area contributed by atoms with Crippen LogP contribution in [0.3, 0.4) is 0 Å². The van der Waals surface area contributed by atoms with Crippen LogP contribution in [0, 0.1) is 0 Å². The Morgan fingerprint density at radius 3 is 2.28 bits per heavy atom. The van der Waals surface area contributed by atoms with E-state index in [-0.39, 0.29) is 5.91 Å². The fourth-order valence-electron chi connectivity index (χ4n) is 3.14. The summed E-state index contributed by atoms with van der Waals surface area (Å²) in [4.78, 5) is 14.8. The van der Waals surface area contributed by atoms with Crippen molar-refractivity contribution in [3.63, 3.8) is 0 Å². The molecule has 2 N–H and O–H groups in total. The second-order valence-electron chi connectivity index (χ2n) is 5.92. The molecule has 1 aliphatic heterocycles. The van der Waals surface area contributed by atoms with E-state index in [1.807, 2.05) is 23.1 Å². The van der Waals surface area contributed by atoms with E-state index in [1.54, 1.807) is 12.1 Å². The largest absolute Gasteiger partial charge is 0.493 e. The van der Waals surface area contributed by atoms with E-state index < -0.39 is 0 Å². The van der Waals surface area contributed by atoms with Crippen molar-refractivity contribution in [2.75, 3.05) is 33.6 Å². The van der Waals surface area contributed by atoms with Crippen molar-refractivity contribution in [1.29, 1.82) is 0 Å². The predicted octanol–water partition coefficient (Wildman–Crippen LogP) is 2.49. The first-order chi connectivity index (χ1) is 12.1. The highest BCUT2D eigenvalue weighted by Crippen LogP contribution is 2.38. The minimum atomic E-state index is -0.0765. The molecule has 132 valence electrons. The molecule has 0 saturated heterocycles. The van der Waals surface area contributed by atoms with Gasteiger partial charge in [0.05, 0.1) is 21.3 Å². The molecule has 0 fully saturated rings.